The van der Waals surface area contributed by atoms with Crippen LogP contribution in [0.3, 0.4) is 0 Å². The zero-order valence-electron chi connectivity index (χ0n) is 10.4. The third kappa shape index (κ3) is 4.65. The molecule has 3 heteroatoms. The Balaban J connectivity index is 2.28. The smallest absolute Gasteiger partial charge is 0.234 e. The van der Waals surface area contributed by atoms with Crippen LogP contribution in [0.2, 0.25) is 0 Å². The monoisotopic (exact) mass is 212 g/mol. The fraction of sp³-hybridized carbons (Fsp3) is 0.917. The van der Waals surface area contributed by atoms with Gasteiger partial charge in [-0.25, -0.2) is 0 Å². The molecule has 2 N–H and O–H groups in total. The first kappa shape index (κ1) is 12.5. The second kappa shape index (κ2) is 4.52. The van der Waals surface area contributed by atoms with Gasteiger partial charge < -0.3 is 10.6 Å². The van der Waals surface area contributed by atoms with E-state index in [0.29, 0.717) is 6.54 Å². The van der Waals surface area contributed by atoms with Gasteiger partial charge in [-0.05, 0) is 40.5 Å². The van der Waals surface area contributed by atoms with Crippen molar-refractivity contribution in [2.24, 2.45) is 0 Å². The standard InChI is InChI=1S/C12H24N2O/c1-11(2,3)14-10(15)9-13-12(4)7-5-6-8-12/h13H,5-9H2,1-4H3,(H,14,15). The van der Waals surface area contributed by atoms with Crippen LogP contribution in [0.4, 0.5) is 0 Å². The SMILES string of the molecule is CC(C)(C)NC(=O)CNC1(C)CCCC1. The highest BCUT2D eigenvalue weighted by molar-refractivity contribution is 5.78. The van der Waals surface area contributed by atoms with E-state index in [-0.39, 0.29) is 17.0 Å². The van der Waals surface area contributed by atoms with Gasteiger partial charge >= 0.3 is 0 Å². The predicted molar refractivity (Wildman–Crippen MR) is 62.8 cm³/mol. The number of nitrogens with one attached hydrogen (secondary N) is 2. The number of carbonyl (C=O) groups is 1. The van der Waals surface area contributed by atoms with Gasteiger partial charge in [0.05, 0.1) is 6.54 Å². The van der Waals surface area contributed by atoms with Crippen molar-refractivity contribution in [1.29, 1.82) is 0 Å². The fourth-order valence-corrected chi connectivity index (χ4v) is 2.09. The largest absolute Gasteiger partial charge is 0.350 e. The highest BCUT2D eigenvalue weighted by Crippen LogP contribution is 2.28. The van der Waals surface area contributed by atoms with Crippen LogP contribution in [0.15, 0.2) is 0 Å². The molecule has 0 saturated heterocycles. The van der Waals surface area contributed by atoms with Crippen LogP contribution in [-0.4, -0.2) is 23.5 Å². The summed E-state index contributed by atoms with van der Waals surface area (Å²) in [6, 6.07) is 0. The summed E-state index contributed by atoms with van der Waals surface area (Å²) in [4.78, 5) is 11.6. The zero-order chi connectivity index (χ0) is 11.5. The molecule has 88 valence electrons. The van der Waals surface area contributed by atoms with E-state index in [9.17, 15) is 4.79 Å². The minimum absolute atomic E-state index is 0.0932. The molecule has 0 aromatic rings. The van der Waals surface area contributed by atoms with Gasteiger partial charge in [0, 0.05) is 11.1 Å². The summed E-state index contributed by atoms with van der Waals surface area (Å²) in [6.45, 7) is 8.66. The summed E-state index contributed by atoms with van der Waals surface area (Å²) < 4.78 is 0. The van der Waals surface area contributed by atoms with Crippen LogP contribution in [0, 0.1) is 0 Å². The molecule has 1 saturated carbocycles. The molecule has 1 rings (SSSR count). The summed E-state index contributed by atoms with van der Waals surface area (Å²) in [5.74, 6) is 0.0932. The molecule has 0 atom stereocenters. The van der Waals surface area contributed by atoms with Gasteiger partial charge in [-0.15, -0.1) is 0 Å². The fourth-order valence-electron chi connectivity index (χ4n) is 2.09. The minimum Gasteiger partial charge on any atom is -0.350 e. The summed E-state index contributed by atoms with van der Waals surface area (Å²) in [6.07, 6.45) is 4.94. The Morgan fingerprint density at radius 3 is 2.27 bits per heavy atom. The van der Waals surface area contributed by atoms with Crippen molar-refractivity contribution in [3.05, 3.63) is 0 Å². The molecule has 15 heavy (non-hydrogen) atoms. The molecule has 1 aliphatic rings. The average Bonchev–Trinajstić information content (AvgIpc) is 2.47. The van der Waals surface area contributed by atoms with Crippen LogP contribution in [-0.2, 0) is 4.79 Å². The lowest BCUT2D eigenvalue weighted by Gasteiger charge is -2.27. The highest BCUT2D eigenvalue weighted by Gasteiger charge is 2.28. The van der Waals surface area contributed by atoms with Crippen molar-refractivity contribution in [3.8, 4) is 0 Å². The number of amides is 1. The molecular weight excluding hydrogens is 188 g/mol. The van der Waals surface area contributed by atoms with E-state index in [0.717, 1.165) is 0 Å². The Hall–Kier alpha value is -0.570. The van der Waals surface area contributed by atoms with Gasteiger partial charge in [0.1, 0.15) is 0 Å². The van der Waals surface area contributed by atoms with Crippen molar-refractivity contribution in [2.75, 3.05) is 6.54 Å². The maximum Gasteiger partial charge on any atom is 0.234 e. The lowest BCUT2D eigenvalue weighted by atomic mass is 10.0. The summed E-state index contributed by atoms with van der Waals surface area (Å²) >= 11 is 0. The Labute approximate surface area is 93.0 Å². The molecule has 1 amide bonds. The topological polar surface area (TPSA) is 41.1 Å². The molecule has 0 aliphatic heterocycles. The first-order valence-corrected chi connectivity index (χ1v) is 5.87. The normalized spacial score (nSPS) is 20.3. The van der Waals surface area contributed by atoms with Gasteiger partial charge in [-0.3, -0.25) is 4.79 Å². The minimum atomic E-state index is -0.130. The summed E-state index contributed by atoms with van der Waals surface area (Å²) in [5.41, 5.74) is 0.0601. The highest BCUT2D eigenvalue weighted by atomic mass is 16.2. The van der Waals surface area contributed by atoms with Crippen LogP contribution in [0.1, 0.15) is 53.4 Å². The number of hydrogen-bond acceptors (Lipinski definition) is 2. The third-order valence-electron chi connectivity index (χ3n) is 2.90. The van der Waals surface area contributed by atoms with Crippen LogP contribution in [0.25, 0.3) is 0 Å². The Kier molecular flexibility index (Phi) is 3.77. The first-order valence-electron chi connectivity index (χ1n) is 5.87. The maximum absolute atomic E-state index is 11.6. The van der Waals surface area contributed by atoms with E-state index in [1.165, 1.54) is 25.7 Å². The third-order valence-corrected chi connectivity index (χ3v) is 2.90. The molecule has 0 heterocycles. The van der Waals surface area contributed by atoms with Crippen LogP contribution in [0.5, 0.6) is 0 Å². The van der Waals surface area contributed by atoms with Gasteiger partial charge in [-0.2, -0.15) is 0 Å². The average molecular weight is 212 g/mol. The summed E-state index contributed by atoms with van der Waals surface area (Å²) in [7, 11) is 0. The Morgan fingerprint density at radius 2 is 1.80 bits per heavy atom. The first-order chi connectivity index (χ1) is 6.81. The molecule has 0 spiro atoms. The van der Waals surface area contributed by atoms with Gasteiger partial charge in [0.25, 0.3) is 0 Å². The van der Waals surface area contributed by atoms with Gasteiger partial charge in [0.15, 0.2) is 0 Å². The molecule has 0 unspecified atom stereocenters. The zero-order valence-corrected chi connectivity index (χ0v) is 10.4. The molecule has 0 aromatic heterocycles. The number of carbonyl (C=O) groups excluding carboxylic acids is 1. The molecule has 1 aliphatic carbocycles. The van der Waals surface area contributed by atoms with E-state index < -0.39 is 0 Å². The maximum atomic E-state index is 11.6. The van der Waals surface area contributed by atoms with E-state index in [2.05, 4.69) is 17.6 Å². The van der Waals surface area contributed by atoms with Crippen molar-refractivity contribution >= 4 is 5.91 Å². The second-order valence-corrected chi connectivity index (χ2v) is 5.92. The summed E-state index contributed by atoms with van der Waals surface area (Å²) in [5, 5.41) is 6.33. The second-order valence-electron chi connectivity index (χ2n) is 5.92. The van der Waals surface area contributed by atoms with E-state index >= 15 is 0 Å². The number of hydrogen-bond donors (Lipinski definition) is 2. The van der Waals surface area contributed by atoms with Crippen molar-refractivity contribution in [2.45, 2.75) is 64.5 Å². The van der Waals surface area contributed by atoms with E-state index in [1.807, 2.05) is 20.8 Å². The predicted octanol–water partition coefficient (Wildman–Crippen LogP) is 1.82. The molecular formula is C12H24N2O. The molecule has 3 nitrogen and oxygen atoms in total. The van der Waals surface area contributed by atoms with E-state index in [1.54, 1.807) is 0 Å². The van der Waals surface area contributed by atoms with Crippen LogP contribution >= 0.6 is 0 Å². The van der Waals surface area contributed by atoms with E-state index in [4.69, 9.17) is 0 Å². The Bertz CT molecular complexity index is 224. The molecule has 1 fully saturated rings. The quantitative estimate of drug-likeness (QED) is 0.749. The lowest BCUT2D eigenvalue weighted by molar-refractivity contribution is -0.121. The molecule has 0 aromatic carbocycles. The van der Waals surface area contributed by atoms with Crippen LogP contribution < -0.4 is 10.6 Å². The molecule has 0 radical (unpaired) electrons. The van der Waals surface area contributed by atoms with Crippen molar-refractivity contribution in [3.63, 3.8) is 0 Å². The molecule has 0 bridgehead atoms. The van der Waals surface area contributed by atoms with Crippen molar-refractivity contribution < 1.29 is 4.79 Å². The lowest BCUT2D eigenvalue weighted by Crippen LogP contribution is -2.49. The number of rotatable bonds is 3. The van der Waals surface area contributed by atoms with Gasteiger partial charge in [-0.1, -0.05) is 12.8 Å². The Morgan fingerprint density at radius 1 is 1.27 bits per heavy atom. The van der Waals surface area contributed by atoms with Gasteiger partial charge in [0.2, 0.25) is 5.91 Å². The van der Waals surface area contributed by atoms with Crippen molar-refractivity contribution in [1.82, 2.24) is 10.6 Å².